The molecule has 0 heterocycles. The number of nitrogens with one attached hydrogen (secondary N) is 2. The largest absolute Gasteiger partial charge is 0.496 e. The maximum absolute atomic E-state index is 12.4. The number of benzene rings is 2. The van der Waals surface area contributed by atoms with Gasteiger partial charge < -0.3 is 15.4 Å². The molecule has 1 aliphatic rings. The summed E-state index contributed by atoms with van der Waals surface area (Å²) in [6.45, 7) is 2.35. The molecule has 0 saturated heterocycles. The Bertz CT molecular complexity index is 778. The quantitative estimate of drug-likeness (QED) is 0.737. The second-order valence-electron chi connectivity index (χ2n) is 6.71. The number of fused-ring (bicyclic) bond motifs is 1. The summed E-state index contributed by atoms with van der Waals surface area (Å²) in [4.78, 5) is 12.4. The molecule has 0 bridgehead atoms. The minimum Gasteiger partial charge on any atom is -0.496 e. The normalized spacial score (nSPS) is 17.3. The van der Waals surface area contributed by atoms with Crippen molar-refractivity contribution in [1.82, 2.24) is 10.6 Å². The number of methoxy groups -OCH3 is 1. The van der Waals surface area contributed by atoms with E-state index in [0.717, 1.165) is 35.0 Å². The highest BCUT2D eigenvalue weighted by Crippen LogP contribution is 2.30. The number of rotatable bonds is 6. The predicted octanol–water partition coefficient (Wildman–Crippen LogP) is 4.30. The molecule has 0 aliphatic heterocycles. The number of carbonyl (C=O) groups is 1. The van der Waals surface area contributed by atoms with E-state index >= 15 is 0 Å². The van der Waals surface area contributed by atoms with Crippen LogP contribution in [0, 0.1) is 0 Å². The molecule has 0 unspecified atom stereocenters. The number of hydrogen-bond donors (Lipinski definition) is 2. The number of ether oxygens (including phenoxy) is 1. The van der Waals surface area contributed by atoms with E-state index in [1.54, 1.807) is 7.11 Å². The van der Waals surface area contributed by atoms with E-state index in [4.69, 9.17) is 4.74 Å². The highest BCUT2D eigenvalue weighted by molar-refractivity contribution is 9.10. The molecule has 1 amide bonds. The van der Waals surface area contributed by atoms with Crippen LogP contribution in [0.25, 0.3) is 0 Å². The van der Waals surface area contributed by atoms with Crippen LogP contribution in [0.15, 0.2) is 46.9 Å². The lowest BCUT2D eigenvalue weighted by atomic mass is 9.88. The van der Waals surface area contributed by atoms with E-state index in [1.165, 1.54) is 11.1 Å². The standard InChI is InChI=1S/C21H25BrN2O2/c1-14(16-10-11-20(26-2)18(22)12-16)23-13-21(25)24-19-9-5-7-15-6-3-4-8-17(15)19/h3-4,6,8,10-12,14,19,23H,5,7,9,13H2,1-2H3,(H,24,25)/t14-,19-/m0/s1. The fourth-order valence-corrected chi connectivity index (χ4v) is 4.02. The average molecular weight is 417 g/mol. The lowest BCUT2D eigenvalue weighted by molar-refractivity contribution is -0.121. The summed E-state index contributed by atoms with van der Waals surface area (Å²) in [7, 11) is 1.65. The number of carbonyl (C=O) groups excluding carboxylic acids is 1. The van der Waals surface area contributed by atoms with Gasteiger partial charge in [-0.3, -0.25) is 4.79 Å². The van der Waals surface area contributed by atoms with E-state index in [0.29, 0.717) is 6.54 Å². The van der Waals surface area contributed by atoms with Gasteiger partial charge in [0.15, 0.2) is 0 Å². The third-order valence-electron chi connectivity index (χ3n) is 4.95. The van der Waals surface area contributed by atoms with E-state index in [-0.39, 0.29) is 18.0 Å². The van der Waals surface area contributed by atoms with Gasteiger partial charge >= 0.3 is 0 Å². The van der Waals surface area contributed by atoms with Crippen molar-refractivity contribution < 1.29 is 9.53 Å². The van der Waals surface area contributed by atoms with E-state index < -0.39 is 0 Å². The molecule has 0 aromatic heterocycles. The van der Waals surface area contributed by atoms with Gasteiger partial charge in [-0.15, -0.1) is 0 Å². The molecule has 2 aromatic carbocycles. The summed E-state index contributed by atoms with van der Waals surface area (Å²) in [6, 6.07) is 14.6. The lowest BCUT2D eigenvalue weighted by Gasteiger charge is -2.26. The minimum absolute atomic E-state index is 0.0335. The van der Waals surface area contributed by atoms with Crippen molar-refractivity contribution in [2.75, 3.05) is 13.7 Å². The highest BCUT2D eigenvalue weighted by Gasteiger charge is 2.21. The molecule has 0 fully saturated rings. The molecule has 3 rings (SSSR count). The number of hydrogen-bond acceptors (Lipinski definition) is 3. The first-order valence-corrected chi connectivity index (χ1v) is 9.81. The van der Waals surface area contributed by atoms with Crippen LogP contribution in [0.3, 0.4) is 0 Å². The molecule has 138 valence electrons. The maximum atomic E-state index is 12.4. The molecule has 2 aromatic rings. The van der Waals surface area contributed by atoms with Crippen LogP contribution >= 0.6 is 15.9 Å². The van der Waals surface area contributed by atoms with Crippen molar-refractivity contribution in [3.05, 3.63) is 63.6 Å². The molecule has 1 aliphatic carbocycles. The SMILES string of the molecule is COc1ccc([C@H](C)NCC(=O)N[C@H]2CCCc3ccccc32)cc1Br. The molecular formula is C21H25BrN2O2. The summed E-state index contributed by atoms with van der Waals surface area (Å²) < 4.78 is 6.17. The summed E-state index contributed by atoms with van der Waals surface area (Å²) in [5.41, 5.74) is 3.72. The van der Waals surface area contributed by atoms with Crippen LogP contribution in [0.1, 0.15) is 48.5 Å². The fourth-order valence-electron chi connectivity index (χ4n) is 3.46. The monoisotopic (exact) mass is 416 g/mol. The molecular weight excluding hydrogens is 392 g/mol. The van der Waals surface area contributed by atoms with Crippen molar-refractivity contribution in [3.63, 3.8) is 0 Å². The number of amides is 1. The minimum atomic E-state index is 0.0335. The molecule has 2 atom stereocenters. The Hall–Kier alpha value is -1.85. The van der Waals surface area contributed by atoms with Gasteiger partial charge in [0.2, 0.25) is 5.91 Å². The Morgan fingerprint density at radius 1 is 1.31 bits per heavy atom. The maximum Gasteiger partial charge on any atom is 0.234 e. The molecule has 0 spiro atoms. The third kappa shape index (κ3) is 4.46. The summed E-state index contributed by atoms with van der Waals surface area (Å²) in [5, 5.41) is 6.48. The van der Waals surface area contributed by atoms with E-state index in [2.05, 4.69) is 51.7 Å². The zero-order chi connectivity index (χ0) is 18.5. The highest BCUT2D eigenvalue weighted by atomic mass is 79.9. The van der Waals surface area contributed by atoms with Gasteiger partial charge in [0.05, 0.1) is 24.2 Å². The van der Waals surface area contributed by atoms with Crippen molar-refractivity contribution in [2.24, 2.45) is 0 Å². The zero-order valence-electron chi connectivity index (χ0n) is 15.2. The third-order valence-corrected chi connectivity index (χ3v) is 5.57. The molecule has 2 N–H and O–H groups in total. The summed E-state index contributed by atoms with van der Waals surface area (Å²) in [6.07, 6.45) is 3.22. The van der Waals surface area contributed by atoms with Gasteiger partial charge in [-0.1, -0.05) is 30.3 Å². The van der Waals surface area contributed by atoms with E-state index in [9.17, 15) is 4.79 Å². The second-order valence-corrected chi connectivity index (χ2v) is 7.56. The van der Waals surface area contributed by atoms with Gasteiger partial charge in [-0.2, -0.15) is 0 Å². The number of halogens is 1. The molecule has 5 heteroatoms. The molecule has 0 saturated carbocycles. The van der Waals surface area contributed by atoms with Gasteiger partial charge in [-0.25, -0.2) is 0 Å². The van der Waals surface area contributed by atoms with Crippen molar-refractivity contribution >= 4 is 21.8 Å². The Balaban J connectivity index is 1.55. The van der Waals surface area contributed by atoms with Crippen LogP contribution in [0.5, 0.6) is 5.75 Å². The molecule has 4 nitrogen and oxygen atoms in total. The van der Waals surface area contributed by atoms with Crippen LogP contribution in [0.2, 0.25) is 0 Å². The summed E-state index contributed by atoms with van der Waals surface area (Å²) in [5.74, 6) is 0.834. The lowest BCUT2D eigenvalue weighted by Crippen LogP contribution is -2.38. The summed E-state index contributed by atoms with van der Waals surface area (Å²) >= 11 is 3.50. The van der Waals surface area contributed by atoms with E-state index in [1.807, 2.05) is 24.3 Å². The topological polar surface area (TPSA) is 50.4 Å². The van der Waals surface area contributed by atoms with Crippen LogP contribution < -0.4 is 15.4 Å². The first kappa shape index (κ1) is 18.9. The van der Waals surface area contributed by atoms with Gasteiger partial charge in [0.25, 0.3) is 0 Å². The molecule has 26 heavy (non-hydrogen) atoms. The predicted molar refractivity (Wildman–Crippen MR) is 107 cm³/mol. The van der Waals surface area contributed by atoms with Crippen molar-refractivity contribution in [1.29, 1.82) is 0 Å². The van der Waals surface area contributed by atoms with Gasteiger partial charge in [-0.05, 0) is 70.9 Å². The Kier molecular flexibility index (Phi) is 6.33. The van der Waals surface area contributed by atoms with Gasteiger partial charge in [0.1, 0.15) is 5.75 Å². The number of aryl methyl sites for hydroxylation is 1. The van der Waals surface area contributed by atoms with Crippen LogP contribution in [-0.4, -0.2) is 19.6 Å². The first-order chi connectivity index (χ1) is 12.6. The first-order valence-electron chi connectivity index (χ1n) is 9.02. The molecule has 0 radical (unpaired) electrons. The zero-order valence-corrected chi connectivity index (χ0v) is 16.8. The Labute approximate surface area is 163 Å². The van der Waals surface area contributed by atoms with Gasteiger partial charge in [0, 0.05) is 6.04 Å². The Morgan fingerprint density at radius 3 is 2.88 bits per heavy atom. The fraction of sp³-hybridized carbons (Fsp3) is 0.381. The van der Waals surface area contributed by atoms with Crippen molar-refractivity contribution in [3.8, 4) is 5.75 Å². The average Bonchev–Trinajstić information content (AvgIpc) is 2.66. The van der Waals surface area contributed by atoms with Crippen LogP contribution in [-0.2, 0) is 11.2 Å². The second kappa shape index (κ2) is 8.69. The smallest absolute Gasteiger partial charge is 0.234 e. The Morgan fingerprint density at radius 2 is 2.12 bits per heavy atom. The van der Waals surface area contributed by atoms with Crippen molar-refractivity contribution in [2.45, 2.75) is 38.3 Å². The van der Waals surface area contributed by atoms with Crippen LogP contribution in [0.4, 0.5) is 0 Å².